The van der Waals surface area contributed by atoms with E-state index in [2.05, 4.69) is 10.4 Å². The molecule has 3 nitrogen and oxygen atoms in total. The topological polar surface area (TPSA) is 35.5 Å². The van der Waals surface area contributed by atoms with Gasteiger partial charge in [0.1, 0.15) is 5.75 Å². The molecule has 1 heterocycles. The zero-order chi connectivity index (χ0) is 11.4. The molecule has 1 aromatic carbocycles. The average Bonchev–Trinajstić information content (AvgIpc) is 2.30. The highest BCUT2D eigenvalue weighted by Crippen LogP contribution is 2.25. The minimum Gasteiger partial charge on any atom is -0.508 e. The highest BCUT2D eigenvalue weighted by Gasteiger charge is 2.11. The fourth-order valence-electron chi connectivity index (χ4n) is 1.97. The summed E-state index contributed by atoms with van der Waals surface area (Å²) in [6, 6.07) is 5.22. The van der Waals surface area contributed by atoms with E-state index in [1.807, 2.05) is 0 Å². The molecule has 0 amide bonds. The lowest BCUT2D eigenvalue weighted by atomic mass is 10.1. The second-order valence-electron chi connectivity index (χ2n) is 4.12. The third-order valence-electron chi connectivity index (χ3n) is 2.93. The molecule has 2 N–H and O–H groups in total. The molecule has 2 rings (SSSR count). The monoisotopic (exact) mass is 240 g/mol. The van der Waals surface area contributed by atoms with Crippen LogP contribution in [0, 0.1) is 0 Å². The summed E-state index contributed by atoms with van der Waals surface area (Å²) in [6.07, 6.45) is 3.79. The Bertz CT molecular complexity index is 331. The van der Waals surface area contributed by atoms with Crippen molar-refractivity contribution in [1.29, 1.82) is 0 Å². The Morgan fingerprint density at radius 1 is 1.25 bits per heavy atom. The molecular formula is C12H17ClN2O. The normalized spacial score (nSPS) is 17.6. The predicted octanol–water partition coefficient (Wildman–Crippen LogP) is 2.54. The van der Waals surface area contributed by atoms with Crippen molar-refractivity contribution in [2.75, 3.05) is 13.1 Å². The Hall–Kier alpha value is -0.770. The van der Waals surface area contributed by atoms with E-state index in [9.17, 15) is 5.11 Å². The quantitative estimate of drug-likeness (QED) is 0.853. The van der Waals surface area contributed by atoms with Crippen LogP contribution in [0.25, 0.3) is 0 Å². The van der Waals surface area contributed by atoms with E-state index < -0.39 is 0 Å². The molecule has 0 bridgehead atoms. The van der Waals surface area contributed by atoms with Crippen molar-refractivity contribution in [3.8, 4) is 5.75 Å². The second kappa shape index (κ2) is 5.53. The van der Waals surface area contributed by atoms with Crippen molar-refractivity contribution in [1.82, 2.24) is 10.4 Å². The zero-order valence-corrected chi connectivity index (χ0v) is 10.0. The van der Waals surface area contributed by atoms with Crippen LogP contribution in [0.5, 0.6) is 5.75 Å². The minimum atomic E-state index is 0.261. The number of piperidine rings is 1. The Labute approximate surface area is 101 Å². The summed E-state index contributed by atoms with van der Waals surface area (Å²) in [4.78, 5) is 0. The Balaban J connectivity index is 1.93. The summed E-state index contributed by atoms with van der Waals surface area (Å²) < 4.78 is 0. The first-order valence-electron chi connectivity index (χ1n) is 5.72. The highest BCUT2D eigenvalue weighted by atomic mass is 35.5. The van der Waals surface area contributed by atoms with Crippen molar-refractivity contribution in [3.05, 3.63) is 28.8 Å². The summed E-state index contributed by atoms with van der Waals surface area (Å²) >= 11 is 6.03. The lowest BCUT2D eigenvalue weighted by Gasteiger charge is -2.27. The molecule has 1 aliphatic rings. The molecule has 0 spiro atoms. The maximum Gasteiger partial charge on any atom is 0.121 e. The molecule has 0 unspecified atom stereocenters. The first-order chi connectivity index (χ1) is 7.77. The van der Waals surface area contributed by atoms with Gasteiger partial charge in [0.2, 0.25) is 0 Å². The van der Waals surface area contributed by atoms with Crippen LogP contribution in [0.2, 0.25) is 5.02 Å². The van der Waals surface area contributed by atoms with Gasteiger partial charge in [-0.2, -0.15) is 0 Å². The van der Waals surface area contributed by atoms with Gasteiger partial charge in [-0.05, 0) is 25.0 Å². The van der Waals surface area contributed by atoms with Gasteiger partial charge in [0.25, 0.3) is 0 Å². The van der Waals surface area contributed by atoms with E-state index in [4.69, 9.17) is 11.6 Å². The molecule has 1 fully saturated rings. The molecule has 0 atom stereocenters. The first kappa shape index (κ1) is 11.7. The molecule has 88 valence electrons. The third-order valence-corrected chi connectivity index (χ3v) is 3.28. The number of hydrazine groups is 1. The fourth-order valence-corrected chi connectivity index (χ4v) is 2.20. The van der Waals surface area contributed by atoms with E-state index in [0.29, 0.717) is 11.6 Å². The van der Waals surface area contributed by atoms with Crippen molar-refractivity contribution in [3.63, 3.8) is 0 Å². The smallest absolute Gasteiger partial charge is 0.121 e. The fraction of sp³-hybridized carbons (Fsp3) is 0.500. The molecule has 4 heteroatoms. The second-order valence-corrected chi connectivity index (χ2v) is 4.53. The maximum atomic E-state index is 9.68. The minimum absolute atomic E-state index is 0.261. The molecule has 16 heavy (non-hydrogen) atoms. The van der Waals surface area contributed by atoms with Gasteiger partial charge < -0.3 is 5.11 Å². The molecule has 0 radical (unpaired) electrons. The summed E-state index contributed by atoms with van der Waals surface area (Å²) in [5, 5.41) is 12.5. The Morgan fingerprint density at radius 2 is 2.00 bits per heavy atom. The highest BCUT2D eigenvalue weighted by molar-refractivity contribution is 6.31. The van der Waals surface area contributed by atoms with Crippen LogP contribution in [0.15, 0.2) is 18.2 Å². The van der Waals surface area contributed by atoms with Crippen molar-refractivity contribution >= 4 is 11.6 Å². The molecule has 1 aromatic rings. The van der Waals surface area contributed by atoms with Gasteiger partial charge in [0.15, 0.2) is 0 Å². The Morgan fingerprint density at radius 3 is 2.69 bits per heavy atom. The number of halogens is 1. The van der Waals surface area contributed by atoms with E-state index in [1.54, 1.807) is 18.2 Å². The van der Waals surface area contributed by atoms with Crippen LogP contribution in [-0.4, -0.2) is 23.2 Å². The van der Waals surface area contributed by atoms with E-state index >= 15 is 0 Å². The molecule has 1 aliphatic heterocycles. The predicted molar refractivity (Wildman–Crippen MR) is 65.4 cm³/mol. The molecular weight excluding hydrogens is 224 g/mol. The lowest BCUT2D eigenvalue weighted by Crippen LogP contribution is -2.41. The van der Waals surface area contributed by atoms with Crippen LogP contribution in [0.3, 0.4) is 0 Å². The van der Waals surface area contributed by atoms with Crippen LogP contribution >= 0.6 is 11.6 Å². The van der Waals surface area contributed by atoms with Crippen LogP contribution < -0.4 is 5.43 Å². The molecule has 0 aliphatic carbocycles. The van der Waals surface area contributed by atoms with E-state index in [-0.39, 0.29) is 5.75 Å². The largest absolute Gasteiger partial charge is 0.508 e. The summed E-state index contributed by atoms with van der Waals surface area (Å²) in [5.41, 5.74) is 4.08. The van der Waals surface area contributed by atoms with Crippen LogP contribution in [0.4, 0.5) is 0 Å². The van der Waals surface area contributed by atoms with Gasteiger partial charge in [-0.15, -0.1) is 0 Å². The standard InChI is InChI=1S/C12H17ClN2O/c13-11-5-4-6-12(16)10(11)9-14-15-7-2-1-3-8-15/h4-6,14,16H,1-3,7-9H2. The van der Waals surface area contributed by atoms with Gasteiger partial charge in [-0.25, -0.2) is 5.01 Å². The third kappa shape index (κ3) is 2.88. The number of hydrogen-bond acceptors (Lipinski definition) is 3. The number of phenols is 1. The van der Waals surface area contributed by atoms with Gasteiger partial charge >= 0.3 is 0 Å². The number of rotatable bonds is 3. The van der Waals surface area contributed by atoms with Crippen molar-refractivity contribution in [2.45, 2.75) is 25.8 Å². The van der Waals surface area contributed by atoms with Crippen molar-refractivity contribution < 1.29 is 5.11 Å². The molecule has 0 saturated carbocycles. The molecule has 0 aromatic heterocycles. The van der Waals surface area contributed by atoms with Gasteiger partial charge in [0.05, 0.1) is 0 Å². The average molecular weight is 241 g/mol. The number of aromatic hydroxyl groups is 1. The van der Waals surface area contributed by atoms with E-state index in [0.717, 1.165) is 18.7 Å². The molecule has 1 saturated heterocycles. The maximum absolute atomic E-state index is 9.68. The SMILES string of the molecule is Oc1cccc(Cl)c1CNN1CCCCC1. The summed E-state index contributed by atoms with van der Waals surface area (Å²) in [5.74, 6) is 0.261. The number of phenolic OH excluding ortho intramolecular Hbond substituents is 1. The zero-order valence-electron chi connectivity index (χ0n) is 9.25. The summed E-state index contributed by atoms with van der Waals surface area (Å²) in [7, 11) is 0. The number of benzene rings is 1. The number of hydrogen-bond donors (Lipinski definition) is 2. The van der Waals surface area contributed by atoms with Gasteiger partial charge in [-0.3, -0.25) is 5.43 Å². The Kier molecular flexibility index (Phi) is 4.04. The summed E-state index contributed by atoms with van der Waals surface area (Å²) in [6.45, 7) is 2.74. The first-order valence-corrected chi connectivity index (χ1v) is 6.10. The number of nitrogens with zero attached hydrogens (tertiary/aromatic N) is 1. The van der Waals surface area contributed by atoms with Gasteiger partial charge in [-0.1, -0.05) is 24.1 Å². The van der Waals surface area contributed by atoms with E-state index in [1.165, 1.54) is 19.3 Å². The van der Waals surface area contributed by atoms with Crippen LogP contribution in [-0.2, 0) is 6.54 Å². The van der Waals surface area contributed by atoms with Crippen LogP contribution in [0.1, 0.15) is 24.8 Å². The number of nitrogens with one attached hydrogen (secondary N) is 1. The lowest BCUT2D eigenvalue weighted by molar-refractivity contribution is 0.150. The van der Waals surface area contributed by atoms with Crippen molar-refractivity contribution in [2.24, 2.45) is 0 Å². The van der Waals surface area contributed by atoms with Gasteiger partial charge in [0, 0.05) is 30.2 Å².